The van der Waals surface area contributed by atoms with Gasteiger partial charge in [-0.15, -0.1) is 0 Å². The third-order valence-electron chi connectivity index (χ3n) is 3.22. The number of rotatable bonds is 6. The summed E-state index contributed by atoms with van der Waals surface area (Å²) in [5.74, 6) is 0.225. The summed E-state index contributed by atoms with van der Waals surface area (Å²) in [7, 11) is 7.84. The van der Waals surface area contributed by atoms with Crippen molar-refractivity contribution in [3.05, 3.63) is 28.8 Å². The largest absolute Gasteiger partial charge is 0.507 e. The third-order valence-corrected chi connectivity index (χ3v) is 3.22. The average Bonchev–Trinajstić information content (AvgIpc) is 2.40. The monoisotopic (exact) mass is 318 g/mol. The average molecular weight is 318 g/mol. The molecule has 0 unspecified atom stereocenters. The van der Waals surface area contributed by atoms with Crippen molar-refractivity contribution < 1.29 is 5.11 Å². The van der Waals surface area contributed by atoms with Crippen LogP contribution in [0.25, 0.3) is 0 Å². The van der Waals surface area contributed by atoms with Gasteiger partial charge in [-0.05, 0) is 51.3 Å². The van der Waals surface area contributed by atoms with Gasteiger partial charge in [0.1, 0.15) is 5.75 Å². The third kappa shape index (κ3) is 6.50. The molecule has 0 aliphatic rings. The van der Waals surface area contributed by atoms with Gasteiger partial charge in [0.2, 0.25) is 0 Å². The molecule has 23 heavy (non-hydrogen) atoms. The molecule has 0 fully saturated rings. The first kappa shape index (κ1) is 19.3. The molecule has 0 aromatic heterocycles. The normalized spacial score (nSPS) is 13.1. The van der Waals surface area contributed by atoms with E-state index in [-0.39, 0.29) is 11.2 Å². The van der Waals surface area contributed by atoms with Gasteiger partial charge in [-0.25, -0.2) is 0 Å². The van der Waals surface area contributed by atoms with E-state index in [4.69, 9.17) is 0 Å². The molecule has 0 amide bonds. The summed E-state index contributed by atoms with van der Waals surface area (Å²) < 4.78 is 0. The van der Waals surface area contributed by atoms with Gasteiger partial charge in [0.05, 0.1) is 13.3 Å². The number of aliphatic imine (C=N–C) groups is 2. The van der Waals surface area contributed by atoms with Gasteiger partial charge in [0.15, 0.2) is 0 Å². The van der Waals surface area contributed by atoms with Gasteiger partial charge in [-0.2, -0.15) is 0 Å². The standard InChI is InChI=1S/C18H30N4O/c1-18(2,3)16-8-14(10-19-12-21(4)5)17(23)15(9-16)11-20-13-22(6)7/h8-11,23H,12-13H2,1-7H3/b19-10+,20-11+. The van der Waals surface area contributed by atoms with Crippen LogP contribution >= 0.6 is 0 Å². The molecule has 0 aliphatic heterocycles. The number of hydrogen-bond donors (Lipinski definition) is 1. The number of aromatic hydroxyl groups is 1. The lowest BCUT2D eigenvalue weighted by molar-refractivity contribution is 0.424. The van der Waals surface area contributed by atoms with E-state index in [0.29, 0.717) is 13.3 Å². The molecule has 5 nitrogen and oxygen atoms in total. The lowest BCUT2D eigenvalue weighted by Gasteiger charge is -2.21. The van der Waals surface area contributed by atoms with Crippen LogP contribution in [0, 0.1) is 0 Å². The SMILES string of the molecule is CN(C)C/N=C/c1cc(C(C)(C)C)cc(/C=N/CN(C)C)c1O. The van der Waals surface area contributed by atoms with E-state index >= 15 is 0 Å². The summed E-state index contributed by atoms with van der Waals surface area (Å²) in [6.45, 7) is 7.63. The van der Waals surface area contributed by atoms with Crippen molar-refractivity contribution >= 4 is 12.4 Å². The molecule has 0 aliphatic carbocycles. The molecule has 5 heteroatoms. The molecule has 0 spiro atoms. The summed E-state index contributed by atoms with van der Waals surface area (Å²) >= 11 is 0. The highest BCUT2D eigenvalue weighted by Crippen LogP contribution is 2.29. The van der Waals surface area contributed by atoms with E-state index in [2.05, 4.69) is 30.8 Å². The fourth-order valence-electron chi connectivity index (χ4n) is 1.91. The van der Waals surface area contributed by atoms with Gasteiger partial charge in [0, 0.05) is 23.6 Å². The van der Waals surface area contributed by atoms with Crippen LogP contribution in [0.1, 0.15) is 37.5 Å². The molecule has 1 aromatic rings. The highest BCUT2D eigenvalue weighted by Gasteiger charge is 2.17. The van der Waals surface area contributed by atoms with Crippen LogP contribution in [0.4, 0.5) is 0 Å². The highest BCUT2D eigenvalue weighted by molar-refractivity contribution is 5.92. The van der Waals surface area contributed by atoms with Crippen molar-refractivity contribution in [3.8, 4) is 5.75 Å². The van der Waals surface area contributed by atoms with Gasteiger partial charge < -0.3 is 5.11 Å². The molecule has 0 radical (unpaired) electrons. The number of phenols is 1. The zero-order valence-electron chi connectivity index (χ0n) is 15.5. The first-order valence-electron chi connectivity index (χ1n) is 7.78. The number of benzene rings is 1. The molecular weight excluding hydrogens is 288 g/mol. The molecule has 0 bridgehead atoms. The topological polar surface area (TPSA) is 51.4 Å². The van der Waals surface area contributed by atoms with E-state index < -0.39 is 0 Å². The molecule has 0 saturated carbocycles. The quantitative estimate of drug-likeness (QED) is 0.820. The zero-order chi connectivity index (χ0) is 17.6. The van der Waals surface area contributed by atoms with E-state index in [1.54, 1.807) is 12.4 Å². The Balaban J connectivity index is 3.23. The van der Waals surface area contributed by atoms with E-state index in [1.165, 1.54) is 0 Å². The Bertz CT molecular complexity index is 528. The van der Waals surface area contributed by atoms with Gasteiger partial charge in [-0.3, -0.25) is 19.8 Å². The van der Waals surface area contributed by atoms with Crippen LogP contribution in [-0.2, 0) is 5.41 Å². The highest BCUT2D eigenvalue weighted by atomic mass is 16.3. The van der Waals surface area contributed by atoms with Crippen molar-refractivity contribution in [2.24, 2.45) is 9.98 Å². The van der Waals surface area contributed by atoms with Crippen molar-refractivity contribution in [2.75, 3.05) is 41.5 Å². The predicted octanol–water partition coefficient (Wildman–Crippen LogP) is 2.57. The molecule has 0 saturated heterocycles. The maximum atomic E-state index is 10.5. The van der Waals surface area contributed by atoms with Gasteiger partial charge in [0.25, 0.3) is 0 Å². The first-order valence-corrected chi connectivity index (χ1v) is 7.78. The minimum atomic E-state index is -0.0119. The minimum Gasteiger partial charge on any atom is -0.507 e. The maximum absolute atomic E-state index is 10.5. The second kappa shape index (κ2) is 8.22. The second-order valence-corrected chi connectivity index (χ2v) is 7.32. The Morgan fingerprint density at radius 1 is 0.913 bits per heavy atom. The Labute approximate surface area is 140 Å². The van der Waals surface area contributed by atoms with Crippen LogP contribution in [0.2, 0.25) is 0 Å². The van der Waals surface area contributed by atoms with Crippen molar-refractivity contribution in [3.63, 3.8) is 0 Å². The fraction of sp³-hybridized carbons (Fsp3) is 0.556. The molecule has 1 rings (SSSR count). The van der Waals surface area contributed by atoms with E-state index in [9.17, 15) is 5.11 Å². The Kier molecular flexibility index (Phi) is 6.91. The van der Waals surface area contributed by atoms with Crippen molar-refractivity contribution in [2.45, 2.75) is 26.2 Å². The number of nitrogens with zero attached hydrogens (tertiary/aromatic N) is 4. The summed E-state index contributed by atoms with van der Waals surface area (Å²) in [5, 5.41) is 10.5. The Morgan fingerprint density at radius 3 is 1.61 bits per heavy atom. The molecule has 1 N–H and O–H groups in total. The van der Waals surface area contributed by atoms with Gasteiger partial charge >= 0.3 is 0 Å². The van der Waals surface area contributed by atoms with Gasteiger partial charge in [-0.1, -0.05) is 20.8 Å². The molecule has 0 atom stereocenters. The lowest BCUT2D eigenvalue weighted by atomic mass is 9.85. The van der Waals surface area contributed by atoms with Crippen molar-refractivity contribution in [1.82, 2.24) is 9.80 Å². The van der Waals surface area contributed by atoms with E-state index in [0.717, 1.165) is 16.7 Å². The lowest BCUT2D eigenvalue weighted by Crippen LogP contribution is -2.14. The minimum absolute atomic E-state index is 0.0119. The summed E-state index contributed by atoms with van der Waals surface area (Å²) in [4.78, 5) is 12.7. The number of phenolic OH excluding ortho intramolecular Hbond substituents is 1. The number of hydrogen-bond acceptors (Lipinski definition) is 5. The molecule has 128 valence electrons. The molecule has 0 heterocycles. The van der Waals surface area contributed by atoms with Crippen LogP contribution in [-0.4, -0.2) is 68.9 Å². The van der Waals surface area contributed by atoms with Crippen molar-refractivity contribution in [1.29, 1.82) is 0 Å². The Hall–Kier alpha value is -1.72. The van der Waals surface area contributed by atoms with Crippen LogP contribution < -0.4 is 0 Å². The summed E-state index contributed by atoms with van der Waals surface area (Å²) in [5.41, 5.74) is 2.59. The van der Waals surface area contributed by atoms with Crippen LogP contribution in [0.15, 0.2) is 22.1 Å². The van der Waals surface area contributed by atoms with Crippen LogP contribution in [0.3, 0.4) is 0 Å². The van der Waals surface area contributed by atoms with E-state index in [1.807, 2.05) is 50.1 Å². The maximum Gasteiger partial charge on any atom is 0.133 e. The Morgan fingerprint density at radius 2 is 1.30 bits per heavy atom. The second-order valence-electron chi connectivity index (χ2n) is 7.32. The summed E-state index contributed by atoms with van der Waals surface area (Å²) in [6.07, 6.45) is 3.46. The smallest absolute Gasteiger partial charge is 0.133 e. The zero-order valence-corrected chi connectivity index (χ0v) is 15.5. The summed E-state index contributed by atoms with van der Waals surface area (Å²) in [6, 6.07) is 4.00. The molecule has 1 aromatic carbocycles. The fourth-order valence-corrected chi connectivity index (χ4v) is 1.91. The molecular formula is C18H30N4O. The first-order chi connectivity index (χ1) is 10.6. The van der Waals surface area contributed by atoms with Crippen LogP contribution in [0.5, 0.6) is 5.75 Å². The predicted molar refractivity (Wildman–Crippen MR) is 99.1 cm³/mol.